The highest BCUT2D eigenvalue weighted by Gasteiger charge is 2.18. The average molecular weight is 658 g/mol. The number of hydrogen-bond acceptors (Lipinski definition) is 5. The molecule has 0 N–H and O–H groups in total. The van der Waals surface area contributed by atoms with Crippen molar-refractivity contribution in [3.63, 3.8) is 0 Å². The first-order chi connectivity index (χ1) is 24.8. The van der Waals surface area contributed by atoms with Crippen LogP contribution in [0.4, 0.5) is 0 Å². The van der Waals surface area contributed by atoms with E-state index in [0.29, 0.717) is 17.5 Å². The van der Waals surface area contributed by atoms with Crippen molar-refractivity contribution in [1.82, 2.24) is 15.0 Å². The van der Waals surface area contributed by atoms with Crippen molar-refractivity contribution in [2.75, 3.05) is 0 Å². The number of fused-ring (bicyclic) bond motifs is 6. The summed E-state index contributed by atoms with van der Waals surface area (Å²) in [5.74, 6) is 1.94. The summed E-state index contributed by atoms with van der Waals surface area (Å²) in [6.07, 6.45) is 0. The van der Waals surface area contributed by atoms with Crippen LogP contribution in [-0.2, 0) is 0 Å². The highest BCUT2D eigenvalue weighted by molar-refractivity contribution is 7.26. The summed E-state index contributed by atoms with van der Waals surface area (Å²) < 4.78 is 9.12. The molecule has 0 fully saturated rings. The van der Waals surface area contributed by atoms with Gasteiger partial charge >= 0.3 is 0 Å². The summed E-state index contributed by atoms with van der Waals surface area (Å²) in [6, 6.07) is 56.7. The topological polar surface area (TPSA) is 51.8 Å². The van der Waals surface area contributed by atoms with E-state index in [1.54, 1.807) is 11.3 Å². The van der Waals surface area contributed by atoms with Crippen molar-refractivity contribution >= 4 is 53.4 Å². The van der Waals surface area contributed by atoms with Gasteiger partial charge in [-0.05, 0) is 23.3 Å². The molecule has 0 aliphatic carbocycles. The van der Waals surface area contributed by atoms with E-state index in [1.165, 1.54) is 20.2 Å². The van der Waals surface area contributed by atoms with Crippen LogP contribution in [-0.4, -0.2) is 15.0 Å². The van der Waals surface area contributed by atoms with Crippen LogP contribution in [0.2, 0.25) is 0 Å². The molecule has 234 valence electrons. The van der Waals surface area contributed by atoms with Crippen LogP contribution < -0.4 is 0 Å². The Balaban J connectivity index is 1.10. The molecule has 0 unspecified atom stereocenters. The Morgan fingerprint density at radius 1 is 0.340 bits per heavy atom. The lowest BCUT2D eigenvalue weighted by atomic mass is 9.99. The summed E-state index contributed by atoms with van der Waals surface area (Å²) >= 11 is 1.78. The first kappa shape index (κ1) is 28.6. The maximum Gasteiger partial charge on any atom is 0.165 e. The van der Waals surface area contributed by atoms with Crippen LogP contribution >= 0.6 is 11.3 Å². The molecule has 0 saturated heterocycles. The standard InChI is InChI=1S/C45H27N3OS/c1-3-12-28(13-4-1)32-17-9-19-35-36-20-10-18-33(41(36)49-40(32)35)29-24-26-31(27-25-29)44-46-43(30-14-5-2-6-15-30)47-45(48-44)38-22-11-21-37-34-16-7-8-23-39(34)50-42(37)38/h1-27H. The molecule has 0 radical (unpaired) electrons. The van der Waals surface area contributed by atoms with E-state index >= 15 is 0 Å². The van der Waals surface area contributed by atoms with Crippen molar-refractivity contribution in [2.24, 2.45) is 0 Å². The monoisotopic (exact) mass is 657 g/mol. The Labute approximate surface area is 292 Å². The lowest BCUT2D eigenvalue weighted by Crippen LogP contribution is -2.00. The third-order valence-electron chi connectivity index (χ3n) is 9.38. The fourth-order valence-corrected chi connectivity index (χ4v) is 8.17. The smallest absolute Gasteiger partial charge is 0.165 e. The van der Waals surface area contributed by atoms with Gasteiger partial charge in [0.1, 0.15) is 11.2 Å². The fourth-order valence-electron chi connectivity index (χ4n) is 6.96. The fraction of sp³-hybridized carbons (Fsp3) is 0. The SMILES string of the molecule is c1ccc(-c2nc(-c3ccc(-c4cccc5c4oc4c(-c6ccccc6)cccc45)cc3)nc(-c3cccc4c3sc3ccccc34)n2)cc1. The normalized spacial score (nSPS) is 11.6. The minimum Gasteiger partial charge on any atom is -0.455 e. The minimum atomic E-state index is 0.632. The number of hydrogen-bond donors (Lipinski definition) is 0. The lowest BCUT2D eigenvalue weighted by molar-refractivity contribution is 0.671. The molecule has 5 heteroatoms. The molecular formula is C45H27N3OS. The number of aromatic nitrogens is 3. The van der Waals surface area contributed by atoms with Crippen LogP contribution in [0.5, 0.6) is 0 Å². The molecule has 0 spiro atoms. The van der Waals surface area contributed by atoms with Crippen LogP contribution in [0.3, 0.4) is 0 Å². The molecule has 0 aliphatic rings. The zero-order valence-electron chi connectivity index (χ0n) is 26.7. The van der Waals surface area contributed by atoms with Crippen LogP contribution in [0, 0.1) is 0 Å². The van der Waals surface area contributed by atoms with Gasteiger partial charge < -0.3 is 4.42 Å². The lowest BCUT2D eigenvalue weighted by Gasteiger charge is -2.10. The minimum absolute atomic E-state index is 0.632. The van der Waals surface area contributed by atoms with Gasteiger partial charge in [-0.25, -0.2) is 15.0 Å². The van der Waals surface area contributed by atoms with Gasteiger partial charge in [-0.3, -0.25) is 0 Å². The van der Waals surface area contributed by atoms with E-state index in [-0.39, 0.29) is 0 Å². The van der Waals surface area contributed by atoms with E-state index in [4.69, 9.17) is 19.4 Å². The van der Waals surface area contributed by atoms with Gasteiger partial charge in [0, 0.05) is 58.8 Å². The largest absolute Gasteiger partial charge is 0.455 e. The predicted molar refractivity (Wildman–Crippen MR) is 207 cm³/mol. The van der Waals surface area contributed by atoms with E-state index in [1.807, 2.05) is 36.4 Å². The van der Waals surface area contributed by atoms with Gasteiger partial charge in [-0.2, -0.15) is 0 Å². The second-order valence-corrected chi connectivity index (χ2v) is 13.4. The van der Waals surface area contributed by atoms with Gasteiger partial charge in [0.05, 0.1) is 0 Å². The molecule has 0 atom stereocenters. The van der Waals surface area contributed by atoms with Gasteiger partial charge in [-0.15, -0.1) is 11.3 Å². The zero-order chi connectivity index (χ0) is 33.0. The Kier molecular flexibility index (Phi) is 6.64. The first-order valence-electron chi connectivity index (χ1n) is 16.6. The zero-order valence-corrected chi connectivity index (χ0v) is 27.6. The van der Waals surface area contributed by atoms with Crippen molar-refractivity contribution in [3.8, 4) is 56.4 Å². The second-order valence-electron chi connectivity index (χ2n) is 12.4. The summed E-state index contributed by atoms with van der Waals surface area (Å²) in [5, 5.41) is 4.67. The van der Waals surface area contributed by atoms with Crippen molar-refractivity contribution in [1.29, 1.82) is 0 Å². The van der Waals surface area contributed by atoms with Gasteiger partial charge in [0.15, 0.2) is 17.5 Å². The molecule has 0 amide bonds. The molecule has 10 aromatic rings. The Morgan fingerprint density at radius 3 is 1.46 bits per heavy atom. The first-order valence-corrected chi connectivity index (χ1v) is 17.4. The van der Waals surface area contributed by atoms with Crippen molar-refractivity contribution < 1.29 is 4.42 Å². The molecule has 3 heterocycles. The number of nitrogens with zero attached hydrogens (tertiary/aromatic N) is 3. The number of thiophene rings is 1. The third kappa shape index (κ3) is 4.71. The molecule has 10 rings (SSSR count). The Bertz CT molecular complexity index is 2860. The summed E-state index contributed by atoms with van der Waals surface area (Å²) in [4.78, 5) is 15.2. The molecule has 50 heavy (non-hydrogen) atoms. The average Bonchev–Trinajstić information content (AvgIpc) is 3.77. The number of rotatable bonds is 5. The maximum atomic E-state index is 6.69. The van der Waals surface area contributed by atoms with Crippen LogP contribution in [0.1, 0.15) is 0 Å². The number of para-hydroxylation sites is 2. The van der Waals surface area contributed by atoms with Crippen LogP contribution in [0.25, 0.3) is 98.5 Å². The van der Waals surface area contributed by atoms with Gasteiger partial charge in [-0.1, -0.05) is 152 Å². The molecule has 3 aromatic heterocycles. The molecule has 4 nitrogen and oxygen atoms in total. The van der Waals surface area contributed by atoms with E-state index in [9.17, 15) is 0 Å². The van der Waals surface area contributed by atoms with E-state index in [2.05, 4.69) is 127 Å². The highest BCUT2D eigenvalue weighted by atomic mass is 32.1. The third-order valence-corrected chi connectivity index (χ3v) is 10.6. The number of furan rings is 1. The van der Waals surface area contributed by atoms with Gasteiger partial charge in [0.25, 0.3) is 0 Å². The van der Waals surface area contributed by atoms with Crippen LogP contribution in [0.15, 0.2) is 168 Å². The molecular weight excluding hydrogens is 631 g/mol. The molecule has 0 aliphatic heterocycles. The van der Waals surface area contributed by atoms with E-state index in [0.717, 1.165) is 60.9 Å². The Hall–Kier alpha value is -6.43. The number of benzene rings is 7. The molecule has 7 aromatic carbocycles. The quantitative estimate of drug-likeness (QED) is 0.185. The molecule has 0 bridgehead atoms. The maximum absolute atomic E-state index is 6.69. The summed E-state index contributed by atoms with van der Waals surface area (Å²) in [7, 11) is 0. The van der Waals surface area contributed by atoms with Crippen molar-refractivity contribution in [3.05, 3.63) is 164 Å². The highest BCUT2D eigenvalue weighted by Crippen LogP contribution is 2.41. The van der Waals surface area contributed by atoms with E-state index < -0.39 is 0 Å². The van der Waals surface area contributed by atoms with Crippen molar-refractivity contribution in [2.45, 2.75) is 0 Å². The van der Waals surface area contributed by atoms with Gasteiger partial charge in [0.2, 0.25) is 0 Å². The molecule has 0 saturated carbocycles. The summed E-state index contributed by atoms with van der Waals surface area (Å²) in [6.45, 7) is 0. The Morgan fingerprint density at radius 2 is 0.800 bits per heavy atom. The predicted octanol–water partition coefficient (Wildman–Crippen LogP) is 12.5. The summed E-state index contributed by atoms with van der Waals surface area (Å²) in [5.41, 5.74) is 8.98. The second kappa shape index (κ2) is 11.6.